The molecular formula is C31H24ClN7O19S6. The normalized spacial score (nSPS) is 12.7. The van der Waals surface area contributed by atoms with Crippen molar-refractivity contribution >= 4 is 132 Å². The van der Waals surface area contributed by atoms with E-state index in [4.69, 9.17) is 26.7 Å². The number of azo groups is 1. The zero-order valence-corrected chi connectivity index (χ0v) is 36.6. The summed E-state index contributed by atoms with van der Waals surface area (Å²) in [6.45, 7) is -0.886. The van der Waals surface area contributed by atoms with Gasteiger partial charge in [0.1, 0.15) is 21.2 Å². The van der Waals surface area contributed by atoms with Crippen molar-refractivity contribution < 1.29 is 85.9 Å². The van der Waals surface area contributed by atoms with Crippen molar-refractivity contribution in [3.8, 4) is 5.75 Å². The van der Waals surface area contributed by atoms with Gasteiger partial charge in [-0.15, -0.1) is 18.9 Å². The highest BCUT2D eigenvalue weighted by atomic mass is 35.5. The van der Waals surface area contributed by atoms with Gasteiger partial charge in [0, 0.05) is 26.7 Å². The summed E-state index contributed by atoms with van der Waals surface area (Å²) in [6, 6.07) is 14.8. The zero-order chi connectivity index (χ0) is 46.6. The van der Waals surface area contributed by atoms with Crippen LogP contribution in [0.15, 0.2) is 108 Å². The lowest BCUT2D eigenvalue weighted by molar-refractivity contribution is -0.432. The molecule has 6 aromatic rings. The standard InChI is InChI=1S/C31H24ClN7O19S6/c32-29-35-30(33-15-3-1-4-16(13-15)61(43,44)12-11-54-64(51,52)53)37-31(36-29)34-21-9-8-18-20(28(21)63(48,49)50)14-24(60-58-56-42)25(26(18)40)39-38-22-10-7-17-19(27(22)62(45,46)47)5-2-6-23(17)59-57-55-41/h1-10,13-14,40-42H,11-12H2,(H,45,46,47)(H,48,49,50)(H,51,52,53)(H2,33,34,35,36,37). The molecule has 0 bridgehead atoms. The molecule has 6 rings (SSSR count). The number of phenolic OH excluding ortho intramolecular Hbond substituents is 1. The first-order valence-electron chi connectivity index (χ1n) is 16.5. The monoisotopic (exact) mass is 1020 g/mol. The maximum Gasteiger partial charge on any atom is 0.397 e. The van der Waals surface area contributed by atoms with E-state index in [1.807, 2.05) is 0 Å². The first-order valence-corrected chi connectivity index (χ1v) is 24.3. The SMILES string of the molecule is O=S(=O)(O)OCCS(=O)(=O)c1cccc(Nc2nc(Cl)nc(Nc3ccc4c(O)c(N=Nc5ccc6c(SOOO)cccc6c5S(=O)(=O)O)c(SOOO)cc4c3S(=O)(=O)O)n2)c1. The van der Waals surface area contributed by atoms with E-state index in [0.717, 1.165) is 30.3 Å². The maximum absolute atomic E-state index is 13.0. The first kappa shape index (κ1) is 48.5. The maximum atomic E-state index is 13.0. The molecule has 0 aliphatic rings. The van der Waals surface area contributed by atoms with Gasteiger partial charge in [0.2, 0.25) is 17.2 Å². The molecule has 1 heterocycles. The molecule has 0 spiro atoms. The van der Waals surface area contributed by atoms with E-state index in [2.05, 4.69) is 58.7 Å². The fraction of sp³-hybridized carbons (Fsp3) is 0.0645. The minimum Gasteiger partial charge on any atom is -0.505 e. The molecule has 0 fully saturated rings. The Labute approximate surface area is 372 Å². The Morgan fingerprint density at radius 2 is 1.31 bits per heavy atom. The lowest BCUT2D eigenvalue weighted by atomic mass is 10.1. The third-order valence-corrected chi connectivity index (χ3v) is 13.6. The number of halogens is 1. The van der Waals surface area contributed by atoms with Gasteiger partial charge in [0.15, 0.2) is 15.6 Å². The Kier molecular flexibility index (Phi) is 14.9. The van der Waals surface area contributed by atoms with E-state index in [1.165, 1.54) is 42.5 Å². The number of fused-ring (bicyclic) bond motifs is 2. The third-order valence-electron chi connectivity index (χ3n) is 8.11. The number of hydrogen-bond donors (Lipinski definition) is 8. The van der Waals surface area contributed by atoms with Gasteiger partial charge in [-0.1, -0.05) is 34.3 Å². The predicted octanol–water partition coefficient (Wildman–Crippen LogP) is 6.38. The average Bonchev–Trinajstić information content (AvgIpc) is 3.20. The van der Waals surface area contributed by atoms with Gasteiger partial charge in [-0.2, -0.15) is 40.2 Å². The highest BCUT2D eigenvalue weighted by Crippen LogP contribution is 2.47. The summed E-state index contributed by atoms with van der Waals surface area (Å²) in [4.78, 5) is 9.79. The van der Waals surface area contributed by atoms with Crippen molar-refractivity contribution in [1.29, 1.82) is 0 Å². The van der Waals surface area contributed by atoms with Crippen LogP contribution < -0.4 is 10.6 Å². The quantitative estimate of drug-likeness (QED) is 0.0143. The van der Waals surface area contributed by atoms with Crippen LogP contribution in [0.1, 0.15) is 0 Å². The second kappa shape index (κ2) is 19.6. The number of aromatic hydroxyl groups is 1. The second-order valence-electron chi connectivity index (χ2n) is 12.1. The van der Waals surface area contributed by atoms with Crippen molar-refractivity contribution in [3.05, 3.63) is 78.1 Å². The van der Waals surface area contributed by atoms with Crippen LogP contribution >= 0.6 is 35.7 Å². The number of anilines is 4. The fourth-order valence-electron chi connectivity index (χ4n) is 5.70. The predicted molar refractivity (Wildman–Crippen MR) is 222 cm³/mol. The Hall–Kier alpha value is -4.98. The molecule has 0 saturated carbocycles. The molecule has 33 heteroatoms. The van der Waals surface area contributed by atoms with E-state index in [9.17, 15) is 47.9 Å². The van der Waals surface area contributed by atoms with Crippen LogP contribution in [0.25, 0.3) is 21.5 Å². The largest absolute Gasteiger partial charge is 0.505 e. The van der Waals surface area contributed by atoms with E-state index in [0.29, 0.717) is 12.0 Å². The number of hydrogen-bond acceptors (Lipinski definition) is 25. The highest BCUT2D eigenvalue weighted by Gasteiger charge is 2.27. The number of nitrogens with one attached hydrogen (secondary N) is 2. The topological polar surface area (TPSA) is 392 Å². The molecule has 0 unspecified atom stereocenters. The summed E-state index contributed by atoms with van der Waals surface area (Å²) in [5, 5.41) is 48.2. The number of nitrogens with zero attached hydrogens (tertiary/aromatic N) is 5. The Balaban J connectivity index is 1.39. The Bertz CT molecular complexity index is 3280. The molecular weight excluding hydrogens is 1000 g/mol. The van der Waals surface area contributed by atoms with Gasteiger partial charge in [0.25, 0.3) is 20.2 Å². The van der Waals surface area contributed by atoms with Gasteiger partial charge in [-0.25, -0.2) is 23.1 Å². The summed E-state index contributed by atoms with van der Waals surface area (Å²) in [7, 11) is -19.4. The fourth-order valence-corrected chi connectivity index (χ4v) is 10.1. The van der Waals surface area contributed by atoms with Gasteiger partial charge >= 0.3 is 10.4 Å². The molecule has 0 aliphatic heterocycles. The molecule has 0 atom stereocenters. The van der Waals surface area contributed by atoms with Gasteiger partial charge in [0.05, 0.1) is 51.9 Å². The van der Waals surface area contributed by atoms with Crippen molar-refractivity contribution in [2.75, 3.05) is 23.0 Å². The van der Waals surface area contributed by atoms with Crippen LogP contribution in [-0.2, 0) is 63.4 Å². The third kappa shape index (κ3) is 11.6. The van der Waals surface area contributed by atoms with Crippen LogP contribution in [0.4, 0.5) is 34.6 Å². The number of rotatable bonds is 19. The molecule has 1 aromatic heterocycles. The lowest BCUT2D eigenvalue weighted by Crippen LogP contribution is -2.15. The Morgan fingerprint density at radius 3 is 1.97 bits per heavy atom. The van der Waals surface area contributed by atoms with Gasteiger partial charge < -0.3 is 15.7 Å². The van der Waals surface area contributed by atoms with Crippen molar-refractivity contribution in [2.45, 2.75) is 24.5 Å². The van der Waals surface area contributed by atoms with Crippen LogP contribution in [0.2, 0.25) is 5.28 Å². The minimum absolute atomic E-state index is 0.0554. The number of benzene rings is 5. The van der Waals surface area contributed by atoms with Crippen LogP contribution in [0.3, 0.4) is 0 Å². The molecule has 340 valence electrons. The summed E-state index contributed by atoms with van der Waals surface area (Å²) < 4.78 is 141. The molecule has 0 radical (unpaired) electrons. The van der Waals surface area contributed by atoms with E-state index >= 15 is 0 Å². The summed E-state index contributed by atoms with van der Waals surface area (Å²) in [5.74, 6) is -2.47. The van der Waals surface area contributed by atoms with Gasteiger partial charge in [-0.05, 0) is 65.5 Å². The van der Waals surface area contributed by atoms with E-state index in [-0.39, 0.29) is 54.5 Å². The molecule has 64 heavy (non-hydrogen) atoms. The molecule has 0 aliphatic carbocycles. The smallest absolute Gasteiger partial charge is 0.397 e. The molecule has 0 amide bonds. The van der Waals surface area contributed by atoms with Crippen LogP contribution in [0.5, 0.6) is 5.75 Å². The molecule has 0 saturated heterocycles. The Morgan fingerprint density at radius 1 is 0.672 bits per heavy atom. The van der Waals surface area contributed by atoms with Crippen molar-refractivity contribution in [1.82, 2.24) is 15.0 Å². The molecule has 26 nitrogen and oxygen atoms in total. The second-order valence-corrected chi connectivity index (χ2v) is 19.8. The summed E-state index contributed by atoms with van der Waals surface area (Å²) in [5.41, 5.74) is -1.40. The van der Waals surface area contributed by atoms with Crippen molar-refractivity contribution in [3.63, 3.8) is 0 Å². The molecule has 8 N–H and O–H groups in total. The first-order chi connectivity index (χ1) is 30.1. The zero-order valence-electron chi connectivity index (χ0n) is 30.9. The van der Waals surface area contributed by atoms with Crippen LogP contribution in [0, 0.1) is 0 Å². The van der Waals surface area contributed by atoms with Crippen LogP contribution in [-0.4, -0.2) is 90.3 Å². The van der Waals surface area contributed by atoms with Crippen molar-refractivity contribution in [2.24, 2.45) is 10.2 Å². The van der Waals surface area contributed by atoms with E-state index in [1.54, 1.807) is 0 Å². The minimum atomic E-state index is -5.28. The van der Waals surface area contributed by atoms with E-state index < -0.39 is 102 Å². The summed E-state index contributed by atoms with van der Waals surface area (Å²) >= 11 is 6.76. The molecule has 5 aromatic carbocycles. The van der Waals surface area contributed by atoms with Gasteiger partial charge in [-0.3, -0.25) is 13.7 Å². The number of aromatic nitrogens is 3. The highest BCUT2D eigenvalue weighted by molar-refractivity contribution is 7.95. The average molecular weight is 1030 g/mol. The summed E-state index contributed by atoms with van der Waals surface area (Å²) in [6.07, 6.45) is 0. The number of sulfone groups is 1. The number of phenols is 1. The lowest BCUT2D eigenvalue weighted by Gasteiger charge is -2.15.